The third-order valence-corrected chi connectivity index (χ3v) is 3.68. The van der Waals surface area contributed by atoms with Gasteiger partial charge in [-0.05, 0) is 24.3 Å². The van der Waals surface area contributed by atoms with E-state index in [9.17, 15) is 4.79 Å². The first kappa shape index (κ1) is 16.5. The van der Waals surface area contributed by atoms with Crippen LogP contribution in [0.4, 0.5) is 0 Å². The lowest BCUT2D eigenvalue weighted by atomic mass is 10.2. The minimum atomic E-state index is -0.226. The van der Waals surface area contributed by atoms with Gasteiger partial charge in [-0.15, -0.1) is 10.2 Å². The lowest BCUT2D eigenvalue weighted by Gasteiger charge is -2.05. The van der Waals surface area contributed by atoms with Crippen LogP contribution in [-0.4, -0.2) is 47.3 Å². The van der Waals surface area contributed by atoms with Crippen LogP contribution in [0.15, 0.2) is 59.9 Å². The number of carbonyl (C=O) groups is 1. The fourth-order valence-corrected chi connectivity index (χ4v) is 2.36. The van der Waals surface area contributed by atoms with Crippen molar-refractivity contribution < 1.29 is 9.32 Å². The highest BCUT2D eigenvalue weighted by Gasteiger charge is 2.11. The number of rotatable bonds is 6. The molecule has 4 aromatic heterocycles. The van der Waals surface area contributed by atoms with Gasteiger partial charge >= 0.3 is 0 Å². The molecule has 4 aromatic rings. The van der Waals surface area contributed by atoms with E-state index in [1.165, 1.54) is 12.7 Å². The fraction of sp³-hybridized carbons (Fsp3) is 0.118. The lowest BCUT2D eigenvalue weighted by molar-refractivity contribution is 0.0953. The number of hydrogen-bond acceptors (Lipinski definition) is 8. The second-order valence-corrected chi connectivity index (χ2v) is 5.50. The molecule has 0 unspecified atom stereocenters. The number of amides is 1. The molecule has 0 atom stereocenters. The van der Waals surface area contributed by atoms with E-state index in [2.05, 4.69) is 35.6 Å². The number of nitrogens with one attached hydrogen (secondary N) is 1. The monoisotopic (exact) mass is 362 g/mol. The van der Waals surface area contributed by atoms with Gasteiger partial charge in [-0.3, -0.25) is 14.3 Å². The molecule has 0 saturated heterocycles. The molecule has 0 fully saturated rings. The van der Waals surface area contributed by atoms with Crippen molar-refractivity contribution in [3.63, 3.8) is 0 Å². The molecular formula is C17H14N8O2. The summed E-state index contributed by atoms with van der Waals surface area (Å²) in [5.74, 6) is 1.18. The van der Waals surface area contributed by atoms with E-state index in [0.717, 1.165) is 0 Å². The molecule has 0 saturated carbocycles. The van der Waals surface area contributed by atoms with E-state index in [1.807, 2.05) is 12.1 Å². The van der Waals surface area contributed by atoms with Gasteiger partial charge in [-0.25, -0.2) is 4.98 Å². The summed E-state index contributed by atoms with van der Waals surface area (Å²) in [6.45, 7) is 0.354. The zero-order valence-corrected chi connectivity index (χ0v) is 14.1. The van der Waals surface area contributed by atoms with E-state index >= 15 is 0 Å². The second kappa shape index (κ2) is 7.52. The molecule has 27 heavy (non-hydrogen) atoms. The van der Waals surface area contributed by atoms with Gasteiger partial charge < -0.3 is 9.84 Å². The van der Waals surface area contributed by atoms with Gasteiger partial charge in [-0.1, -0.05) is 11.2 Å². The zero-order chi connectivity index (χ0) is 18.5. The molecule has 0 aliphatic rings. The Labute approximate surface area is 153 Å². The standard InChI is InChI=1S/C17H14N8O2/c26-17(12-4-7-19-14(9-12)25-10-21-22-11-25)20-8-5-15-23-16(24-27-15)13-3-1-2-6-18-13/h1-4,6-7,9-11H,5,8H2,(H,20,26). The van der Waals surface area contributed by atoms with Crippen molar-refractivity contribution >= 4 is 5.91 Å². The van der Waals surface area contributed by atoms with Gasteiger partial charge in [0.15, 0.2) is 0 Å². The third-order valence-electron chi connectivity index (χ3n) is 3.68. The van der Waals surface area contributed by atoms with E-state index in [4.69, 9.17) is 4.52 Å². The maximum absolute atomic E-state index is 12.3. The Morgan fingerprint density at radius 2 is 2.00 bits per heavy atom. The molecule has 0 aliphatic heterocycles. The average molecular weight is 362 g/mol. The van der Waals surface area contributed by atoms with Gasteiger partial charge in [0.25, 0.3) is 5.91 Å². The molecule has 1 N–H and O–H groups in total. The predicted molar refractivity (Wildman–Crippen MR) is 92.7 cm³/mol. The number of pyridine rings is 2. The van der Waals surface area contributed by atoms with Crippen molar-refractivity contribution in [1.29, 1.82) is 0 Å². The van der Waals surface area contributed by atoms with Crippen LogP contribution in [0.1, 0.15) is 16.2 Å². The first-order valence-corrected chi connectivity index (χ1v) is 8.13. The number of carbonyl (C=O) groups excluding carboxylic acids is 1. The summed E-state index contributed by atoms with van der Waals surface area (Å²) in [7, 11) is 0. The first-order chi connectivity index (χ1) is 13.3. The Hall–Kier alpha value is -3.95. The number of nitrogens with zero attached hydrogens (tertiary/aromatic N) is 7. The highest BCUT2D eigenvalue weighted by molar-refractivity contribution is 5.94. The molecule has 10 heteroatoms. The smallest absolute Gasteiger partial charge is 0.251 e. The fourth-order valence-electron chi connectivity index (χ4n) is 2.36. The largest absolute Gasteiger partial charge is 0.352 e. The minimum Gasteiger partial charge on any atom is -0.352 e. The maximum Gasteiger partial charge on any atom is 0.251 e. The van der Waals surface area contributed by atoms with Crippen LogP contribution in [0.5, 0.6) is 0 Å². The Balaban J connectivity index is 1.35. The van der Waals surface area contributed by atoms with Gasteiger partial charge in [0.1, 0.15) is 24.2 Å². The third kappa shape index (κ3) is 3.84. The van der Waals surface area contributed by atoms with Gasteiger partial charge in [0.2, 0.25) is 11.7 Å². The second-order valence-electron chi connectivity index (χ2n) is 5.50. The molecule has 0 radical (unpaired) electrons. The zero-order valence-electron chi connectivity index (χ0n) is 14.1. The summed E-state index contributed by atoms with van der Waals surface area (Å²) < 4.78 is 6.81. The van der Waals surface area contributed by atoms with Crippen molar-refractivity contribution in [2.24, 2.45) is 0 Å². The van der Waals surface area contributed by atoms with E-state index in [1.54, 1.807) is 35.2 Å². The van der Waals surface area contributed by atoms with E-state index in [-0.39, 0.29) is 5.91 Å². The van der Waals surface area contributed by atoms with Crippen LogP contribution >= 0.6 is 0 Å². The molecule has 134 valence electrons. The molecule has 10 nitrogen and oxygen atoms in total. The summed E-state index contributed by atoms with van der Waals surface area (Å²) in [5.41, 5.74) is 1.11. The molecule has 1 amide bonds. The minimum absolute atomic E-state index is 0.226. The number of aromatic nitrogens is 7. The molecule has 0 bridgehead atoms. The van der Waals surface area contributed by atoms with Gasteiger partial charge in [0, 0.05) is 30.9 Å². The molecule has 4 heterocycles. The summed E-state index contributed by atoms with van der Waals surface area (Å²) in [6, 6.07) is 8.75. The Kier molecular flexibility index (Phi) is 4.60. The van der Waals surface area contributed by atoms with Crippen LogP contribution in [0.3, 0.4) is 0 Å². The van der Waals surface area contributed by atoms with Gasteiger partial charge in [-0.2, -0.15) is 4.98 Å². The van der Waals surface area contributed by atoms with Gasteiger partial charge in [0.05, 0.1) is 0 Å². The van der Waals surface area contributed by atoms with Crippen LogP contribution in [0, 0.1) is 0 Å². The van der Waals surface area contributed by atoms with Crippen molar-refractivity contribution in [2.45, 2.75) is 6.42 Å². The van der Waals surface area contributed by atoms with Crippen molar-refractivity contribution in [1.82, 2.24) is 40.2 Å². The maximum atomic E-state index is 12.3. The van der Waals surface area contributed by atoms with Crippen LogP contribution in [0.25, 0.3) is 17.3 Å². The molecular weight excluding hydrogens is 348 g/mol. The summed E-state index contributed by atoms with van der Waals surface area (Å²) in [5, 5.41) is 14.2. The van der Waals surface area contributed by atoms with E-state index in [0.29, 0.717) is 41.8 Å². The van der Waals surface area contributed by atoms with E-state index < -0.39 is 0 Å². The SMILES string of the molecule is O=C(NCCc1nc(-c2ccccn2)no1)c1ccnc(-n2cnnc2)c1. The molecule has 0 aliphatic carbocycles. The summed E-state index contributed by atoms with van der Waals surface area (Å²) >= 11 is 0. The molecule has 0 aromatic carbocycles. The molecule has 0 spiro atoms. The van der Waals surface area contributed by atoms with Crippen LogP contribution in [0.2, 0.25) is 0 Å². The summed E-state index contributed by atoms with van der Waals surface area (Å²) in [6.07, 6.45) is 6.66. The van der Waals surface area contributed by atoms with Crippen molar-refractivity contribution in [3.05, 3.63) is 66.8 Å². The quantitative estimate of drug-likeness (QED) is 0.540. The first-order valence-electron chi connectivity index (χ1n) is 8.13. The van der Waals surface area contributed by atoms with Crippen LogP contribution < -0.4 is 5.32 Å². The highest BCUT2D eigenvalue weighted by atomic mass is 16.5. The van der Waals surface area contributed by atoms with Crippen molar-refractivity contribution in [3.8, 4) is 17.3 Å². The topological polar surface area (TPSA) is 125 Å². The number of hydrogen-bond donors (Lipinski definition) is 1. The predicted octanol–water partition coefficient (Wildman–Crippen LogP) is 1.08. The Morgan fingerprint density at radius 3 is 2.81 bits per heavy atom. The molecule has 4 rings (SSSR count). The van der Waals surface area contributed by atoms with Crippen LogP contribution in [-0.2, 0) is 6.42 Å². The normalized spacial score (nSPS) is 10.7. The average Bonchev–Trinajstić information content (AvgIpc) is 3.41. The summed E-state index contributed by atoms with van der Waals surface area (Å²) in [4.78, 5) is 25.0. The Bertz CT molecular complexity index is 1030. The van der Waals surface area contributed by atoms with Crippen molar-refractivity contribution in [2.75, 3.05) is 6.54 Å². The highest BCUT2D eigenvalue weighted by Crippen LogP contribution is 2.12. The lowest BCUT2D eigenvalue weighted by Crippen LogP contribution is -2.26. The Morgan fingerprint density at radius 1 is 1.11 bits per heavy atom.